The van der Waals surface area contributed by atoms with Gasteiger partial charge in [0.15, 0.2) is 5.13 Å². The van der Waals surface area contributed by atoms with Crippen LogP contribution in [0.25, 0.3) is 10.2 Å². The number of thiazole rings is 1. The van der Waals surface area contributed by atoms with Gasteiger partial charge in [0.2, 0.25) is 15.9 Å². The molecule has 37 heavy (non-hydrogen) atoms. The third kappa shape index (κ3) is 6.79. The molecular formula is C25H31Cl2FN4O3S2. The zero-order chi connectivity index (χ0) is 25.9. The summed E-state index contributed by atoms with van der Waals surface area (Å²) in [5.41, 5.74) is 0.792. The number of piperidine rings is 1. The summed E-state index contributed by atoms with van der Waals surface area (Å²) in [6, 6.07) is 10.3. The van der Waals surface area contributed by atoms with Gasteiger partial charge < -0.3 is 4.90 Å². The highest BCUT2D eigenvalue weighted by atomic mass is 35.5. The van der Waals surface area contributed by atoms with E-state index >= 15 is 0 Å². The van der Waals surface area contributed by atoms with Gasteiger partial charge in [-0.05, 0) is 68.4 Å². The fourth-order valence-electron chi connectivity index (χ4n) is 4.40. The van der Waals surface area contributed by atoms with Gasteiger partial charge in [-0.25, -0.2) is 17.8 Å². The third-order valence-electron chi connectivity index (χ3n) is 6.62. The highest BCUT2D eigenvalue weighted by molar-refractivity contribution is 7.89. The van der Waals surface area contributed by atoms with Gasteiger partial charge >= 0.3 is 0 Å². The van der Waals surface area contributed by atoms with Crippen molar-refractivity contribution in [1.82, 2.24) is 14.2 Å². The van der Waals surface area contributed by atoms with E-state index in [1.165, 1.54) is 27.8 Å². The molecule has 0 atom stereocenters. The van der Waals surface area contributed by atoms with Crippen LogP contribution in [0.1, 0.15) is 26.7 Å². The molecule has 12 heteroatoms. The quantitative estimate of drug-likeness (QED) is 0.340. The maximum absolute atomic E-state index is 13.7. The first-order chi connectivity index (χ1) is 17.2. The molecule has 0 radical (unpaired) electrons. The second-order valence-corrected chi connectivity index (χ2v) is 12.1. The Morgan fingerprint density at radius 1 is 1.11 bits per heavy atom. The number of halogens is 3. The van der Waals surface area contributed by atoms with Crippen molar-refractivity contribution in [2.75, 3.05) is 44.2 Å². The van der Waals surface area contributed by atoms with Crippen molar-refractivity contribution >= 4 is 66.6 Å². The Labute approximate surface area is 232 Å². The van der Waals surface area contributed by atoms with E-state index in [1.54, 1.807) is 11.0 Å². The fourth-order valence-corrected chi connectivity index (χ4v) is 7.15. The number of carbonyl (C=O) groups excluding carboxylic acids is 1. The summed E-state index contributed by atoms with van der Waals surface area (Å²) in [6.07, 6.45) is 0.829. The molecular weight excluding hydrogens is 558 g/mol. The highest BCUT2D eigenvalue weighted by Crippen LogP contribution is 2.33. The molecule has 3 aromatic rings. The monoisotopic (exact) mass is 588 g/mol. The topological polar surface area (TPSA) is 73.8 Å². The maximum Gasteiger partial charge on any atom is 0.243 e. The van der Waals surface area contributed by atoms with E-state index in [9.17, 15) is 17.6 Å². The van der Waals surface area contributed by atoms with Crippen LogP contribution in [0.15, 0.2) is 47.4 Å². The van der Waals surface area contributed by atoms with Crippen LogP contribution in [0.3, 0.4) is 0 Å². The smallest absolute Gasteiger partial charge is 0.243 e. The van der Waals surface area contributed by atoms with Crippen LogP contribution < -0.4 is 4.90 Å². The third-order valence-corrected chi connectivity index (χ3v) is 9.81. The van der Waals surface area contributed by atoms with E-state index in [0.717, 1.165) is 35.4 Å². The van der Waals surface area contributed by atoms with Crippen molar-refractivity contribution in [3.05, 3.63) is 53.3 Å². The Bertz CT molecular complexity index is 1310. The average molecular weight is 590 g/mol. The van der Waals surface area contributed by atoms with Crippen molar-refractivity contribution < 1.29 is 17.6 Å². The summed E-state index contributed by atoms with van der Waals surface area (Å²) in [6.45, 7) is 7.63. The molecule has 1 aromatic heterocycles. The molecule has 202 valence electrons. The van der Waals surface area contributed by atoms with Crippen LogP contribution in [0.4, 0.5) is 9.52 Å². The van der Waals surface area contributed by atoms with Crippen LogP contribution >= 0.6 is 35.3 Å². The highest BCUT2D eigenvalue weighted by Gasteiger charge is 2.35. The lowest BCUT2D eigenvalue weighted by atomic mass is 9.96. The lowest BCUT2D eigenvalue weighted by molar-refractivity contribution is -0.123. The van der Waals surface area contributed by atoms with Crippen LogP contribution in [0.2, 0.25) is 5.02 Å². The van der Waals surface area contributed by atoms with Gasteiger partial charge in [0.1, 0.15) is 5.82 Å². The second kappa shape index (κ2) is 12.8. The van der Waals surface area contributed by atoms with Crippen LogP contribution in [-0.2, 0) is 14.8 Å². The lowest BCUT2D eigenvalue weighted by Gasteiger charge is -2.33. The Morgan fingerprint density at radius 3 is 2.38 bits per heavy atom. The van der Waals surface area contributed by atoms with Crippen LogP contribution in [0.5, 0.6) is 0 Å². The van der Waals surface area contributed by atoms with Gasteiger partial charge in [0.25, 0.3) is 0 Å². The molecule has 1 amide bonds. The van der Waals surface area contributed by atoms with E-state index < -0.39 is 15.8 Å². The zero-order valence-corrected chi connectivity index (χ0v) is 24.0. The summed E-state index contributed by atoms with van der Waals surface area (Å²) in [5, 5.41) is 1.25. The number of aromatic nitrogens is 1. The first kappa shape index (κ1) is 29.7. The zero-order valence-electron chi connectivity index (χ0n) is 20.8. The summed E-state index contributed by atoms with van der Waals surface area (Å²) < 4.78 is 41.5. The van der Waals surface area contributed by atoms with E-state index in [2.05, 4.69) is 18.7 Å². The Balaban J connectivity index is 0.00000380. The van der Waals surface area contributed by atoms with Crippen LogP contribution in [0, 0.1) is 11.7 Å². The van der Waals surface area contributed by atoms with Crippen LogP contribution in [-0.4, -0.2) is 67.8 Å². The van der Waals surface area contributed by atoms with Gasteiger partial charge in [-0.2, -0.15) is 4.31 Å². The molecule has 1 saturated heterocycles. The van der Waals surface area contributed by atoms with E-state index in [4.69, 9.17) is 16.6 Å². The molecule has 1 aliphatic rings. The number of benzene rings is 2. The predicted octanol–water partition coefficient (Wildman–Crippen LogP) is 5.29. The predicted molar refractivity (Wildman–Crippen MR) is 150 cm³/mol. The minimum atomic E-state index is -3.74. The number of fused-ring (bicyclic) bond motifs is 1. The SMILES string of the molecule is CCN(CC)CCN(C(=O)C1CCN(S(=O)(=O)c2ccc(F)cc2)CC1)c1nc2ccc(Cl)cc2s1.Cl. The summed E-state index contributed by atoms with van der Waals surface area (Å²) >= 11 is 7.59. The average Bonchev–Trinajstić information content (AvgIpc) is 3.29. The first-order valence-corrected chi connectivity index (χ1v) is 14.7. The normalized spacial score (nSPS) is 15.2. The maximum atomic E-state index is 13.7. The van der Waals surface area contributed by atoms with Gasteiger partial charge in [0, 0.05) is 37.1 Å². The molecule has 1 fully saturated rings. The van der Waals surface area contributed by atoms with Crippen molar-refractivity contribution in [3.63, 3.8) is 0 Å². The van der Waals surface area contributed by atoms with Crippen molar-refractivity contribution in [3.8, 4) is 0 Å². The number of carbonyl (C=O) groups is 1. The molecule has 2 heterocycles. The molecule has 2 aromatic carbocycles. The van der Waals surface area contributed by atoms with Gasteiger partial charge in [0.05, 0.1) is 15.1 Å². The second-order valence-electron chi connectivity index (χ2n) is 8.76. The number of hydrogen-bond acceptors (Lipinski definition) is 6. The van der Waals surface area contributed by atoms with E-state index in [1.807, 2.05) is 12.1 Å². The van der Waals surface area contributed by atoms with E-state index in [0.29, 0.717) is 36.1 Å². The Morgan fingerprint density at radius 2 is 1.76 bits per heavy atom. The largest absolute Gasteiger partial charge is 0.302 e. The minimum absolute atomic E-state index is 0. The number of hydrogen-bond donors (Lipinski definition) is 0. The molecule has 7 nitrogen and oxygen atoms in total. The molecule has 1 aliphatic heterocycles. The number of likely N-dealkylation sites (N-methyl/N-ethyl adjacent to an activating group) is 1. The first-order valence-electron chi connectivity index (χ1n) is 12.1. The number of nitrogens with zero attached hydrogens (tertiary/aromatic N) is 4. The summed E-state index contributed by atoms with van der Waals surface area (Å²) in [5.74, 6) is -0.830. The number of anilines is 1. The molecule has 0 spiro atoms. The molecule has 0 aliphatic carbocycles. The van der Waals surface area contributed by atoms with Crippen molar-refractivity contribution in [1.29, 1.82) is 0 Å². The molecule has 0 saturated carbocycles. The number of sulfonamides is 1. The van der Waals surface area contributed by atoms with E-state index in [-0.39, 0.29) is 42.2 Å². The number of amides is 1. The van der Waals surface area contributed by atoms with Gasteiger partial charge in [-0.15, -0.1) is 12.4 Å². The number of rotatable bonds is 9. The summed E-state index contributed by atoms with van der Waals surface area (Å²) in [4.78, 5) is 22.5. The Hall–Kier alpha value is -1.82. The molecule has 0 bridgehead atoms. The fraction of sp³-hybridized carbons (Fsp3) is 0.440. The molecule has 0 unspecified atom stereocenters. The van der Waals surface area contributed by atoms with Gasteiger partial charge in [-0.1, -0.05) is 36.8 Å². The molecule has 4 rings (SSSR count). The van der Waals surface area contributed by atoms with Gasteiger partial charge in [-0.3, -0.25) is 9.69 Å². The summed E-state index contributed by atoms with van der Waals surface area (Å²) in [7, 11) is -3.74. The minimum Gasteiger partial charge on any atom is -0.302 e. The lowest BCUT2D eigenvalue weighted by Crippen LogP contribution is -2.46. The standard InChI is InChI=1S/C25H30ClFN4O3S2.ClH/c1-3-29(4-2)15-16-31(25-28-22-10-5-19(26)17-23(22)35-25)24(32)18-11-13-30(14-12-18)36(33,34)21-8-6-20(27)7-9-21;/h5-10,17-18H,3-4,11-16H2,1-2H3;1H. The Kier molecular flexibility index (Phi) is 10.3. The van der Waals surface area contributed by atoms with Crippen molar-refractivity contribution in [2.24, 2.45) is 5.92 Å². The molecule has 0 N–H and O–H groups in total. The van der Waals surface area contributed by atoms with Crippen molar-refractivity contribution in [2.45, 2.75) is 31.6 Å².